The number of aryl methyl sites for hydroxylation is 1. The van der Waals surface area contributed by atoms with Gasteiger partial charge in [0.25, 0.3) is 0 Å². The summed E-state index contributed by atoms with van der Waals surface area (Å²) in [5, 5.41) is 0. The summed E-state index contributed by atoms with van der Waals surface area (Å²) in [6, 6.07) is 13.2. The van der Waals surface area contributed by atoms with Gasteiger partial charge in [-0.1, -0.05) is 19.1 Å². The minimum atomic E-state index is -3.39. The average Bonchev–Trinajstić information content (AvgIpc) is 3.25. The Morgan fingerprint density at radius 1 is 1.06 bits per heavy atom. The van der Waals surface area contributed by atoms with Crippen molar-refractivity contribution in [2.24, 2.45) is 18.9 Å². The molecule has 0 saturated heterocycles. The molecule has 1 fully saturated rings. The molecular formula is C27H31FN2O3S. The van der Waals surface area contributed by atoms with Gasteiger partial charge in [0.05, 0.1) is 10.6 Å². The first kappa shape index (κ1) is 24.3. The Morgan fingerprint density at radius 3 is 2.29 bits per heavy atom. The summed E-state index contributed by atoms with van der Waals surface area (Å²) in [4.78, 5) is 17.4. The van der Waals surface area contributed by atoms with Gasteiger partial charge in [-0.05, 0) is 79.5 Å². The van der Waals surface area contributed by atoms with Gasteiger partial charge in [0.15, 0.2) is 9.84 Å². The standard InChI is InChI=1S/C27H31FN2O3S/c1-19(21-7-11-24(28)12-8-21)17-26(31)22-5-3-20(4-6-22)18-34(32,33)25-13-9-23(10-14-25)27-29-15-16-30(27)2/h7-16,19-20,22H,3-6,17-18H2,1-2H3/t19-,20?,22?/m0/s1. The summed E-state index contributed by atoms with van der Waals surface area (Å²) < 4.78 is 41.0. The third kappa shape index (κ3) is 5.63. The van der Waals surface area contributed by atoms with Crippen LogP contribution in [0.4, 0.5) is 4.39 Å². The van der Waals surface area contributed by atoms with Crippen LogP contribution in [-0.4, -0.2) is 29.5 Å². The molecule has 1 aliphatic rings. The lowest BCUT2D eigenvalue weighted by molar-refractivity contribution is -0.124. The maximum atomic E-state index is 13.1. The second-order valence-corrected chi connectivity index (χ2v) is 11.5. The second kappa shape index (κ2) is 10.2. The number of aromatic nitrogens is 2. The maximum Gasteiger partial charge on any atom is 0.178 e. The zero-order chi connectivity index (χ0) is 24.3. The zero-order valence-electron chi connectivity index (χ0n) is 19.7. The third-order valence-corrected chi connectivity index (χ3v) is 8.90. The van der Waals surface area contributed by atoms with Crippen LogP contribution in [0.2, 0.25) is 0 Å². The Kier molecular flexibility index (Phi) is 7.31. The normalized spacial score (nSPS) is 19.6. The first-order valence-corrected chi connectivity index (χ1v) is 13.5. The van der Waals surface area contributed by atoms with E-state index in [-0.39, 0.29) is 35.1 Å². The Morgan fingerprint density at radius 2 is 1.71 bits per heavy atom. The summed E-state index contributed by atoms with van der Waals surface area (Å²) in [5.41, 5.74) is 1.84. The summed E-state index contributed by atoms with van der Waals surface area (Å²) in [6.07, 6.45) is 6.94. The molecule has 5 nitrogen and oxygen atoms in total. The van der Waals surface area contributed by atoms with E-state index < -0.39 is 9.84 Å². The molecule has 4 rings (SSSR count). The van der Waals surface area contributed by atoms with Crippen LogP contribution >= 0.6 is 0 Å². The molecule has 2 aromatic carbocycles. The Bertz CT molecular complexity index is 1230. The lowest BCUT2D eigenvalue weighted by atomic mass is 9.78. The highest BCUT2D eigenvalue weighted by atomic mass is 32.2. The molecule has 0 unspecified atom stereocenters. The van der Waals surface area contributed by atoms with E-state index in [1.807, 2.05) is 24.7 Å². The van der Waals surface area contributed by atoms with Gasteiger partial charge in [-0.3, -0.25) is 4.79 Å². The number of carbonyl (C=O) groups excluding carboxylic acids is 1. The fourth-order valence-electron chi connectivity index (χ4n) is 4.89. The van der Waals surface area contributed by atoms with E-state index in [1.54, 1.807) is 42.6 Å². The van der Waals surface area contributed by atoms with Crippen LogP contribution in [-0.2, 0) is 21.7 Å². The van der Waals surface area contributed by atoms with Crippen molar-refractivity contribution in [2.45, 2.75) is 49.8 Å². The van der Waals surface area contributed by atoms with E-state index >= 15 is 0 Å². The van der Waals surface area contributed by atoms with Gasteiger partial charge in [-0.2, -0.15) is 0 Å². The van der Waals surface area contributed by atoms with Gasteiger partial charge in [-0.15, -0.1) is 0 Å². The molecule has 0 bridgehead atoms. The second-order valence-electron chi connectivity index (χ2n) is 9.51. The number of Topliss-reactive ketones (excluding diaryl/α,β-unsaturated/α-hetero) is 1. The molecular weight excluding hydrogens is 451 g/mol. The molecule has 0 radical (unpaired) electrons. The van der Waals surface area contributed by atoms with Crippen LogP contribution in [0.5, 0.6) is 0 Å². The average molecular weight is 483 g/mol. The van der Waals surface area contributed by atoms with Crippen LogP contribution in [0.1, 0.15) is 50.5 Å². The Balaban J connectivity index is 1.30. The predicted molar refractivity (Wildman–Crippen MR) is 131 cm³/mol. The SMILES string of the molecule is C[C@@H](CC(=O)C1CCC(CS(=O)(=O)c2ccc(-c3nccn3C)cc2)CC1)c1ccc(F)cc1. The highest BCUT2D eigenvalue weighted by Crippen LogP contribution is 2.34. The van der Waals surface area contributed by atoms with Gasteiger partial charge < -0.3 is 4.57 Å². The first-order valence-electron chi connectivity index (χ1n) is 11.8. The van der Waals surface area contributed by atoms with E-state index in [1.165, 1.54) is 12.1 Å². The molecule has 1 saturated carbocycles. The highest BCUT2D eigenvalue weighted by Gasteiger charge is 2.30. The van der Waals surface area contributed by atoms with E-state index in [0.29, 0.717) is 11.3 Å². The molecule has 7 heteroatoms. The van der Waals surface area contributed by atoms with Gasteiger partial charge in [0.2, 0.25) is 0 Å². The topological polar surface area (TPSA) is 69.0 Å². The third-order valence-electron chi connectivity index (χ3n) is 7.00. The zero-order valence-corrected chi connectivity index (χ0v) is 20.5. The van der Waals surface area contributed by atoms with Crippen molar-refractivity contribution in [2.75, 3.05) is 5.75 Å². The quantitative estimate of drug-likeness (QED) is 0.421. The molecule has 3 aromatic rings. The van der Waals surface area contributed by atoms with E-state index in [9.17, 15) is 17.6 Å². The summed E-state index contributed by atoms with van der Waals surface area (Å²) in [7, 11) is -1.49. The number of halogens is 1. The summed E-state index contributed by atoms with van der Waals surface area (Å²) in [6.45, 7) is 1.99. The van der Waals surface area contributed by atoms with Crippen LogP contribution in [0.3, 0.4) is 0 Å². The monoisotopic (exact) mass is 482 g/mol. The number of hydrogen-bond acceptors (Lipinski definition) is 4. The summed E-state index contributed by atoms with van der Waals surface area (Å²) >= 11 is 0. The molecule has 0 N–H and O–H groups in total. The van der Waals surface area contributed by atoms with Crippen LogP contribution < -0.4 is 0 Å². The number of sulfone groups is 1. The lowest BCUT2D eigenvalue weighted by Crippen LogP contribution is -2.26. The van der Waals surface area contributed by atoms with E-state index in [2.05, 4.69) is 4.98 Å². The number of imidazole rings is 1. The van der Waals surface area contributed by atoms with Gasteiger partial charge >= 0.3 is 0 Å². The summed E-state index contributed by atoms with van der Waals surface area (Å²) in [5.74, 6) is 0.946. The van der Waals surface area contributed by atoms with Crippen molar-refractivity contribution >= 4 is 15.6 Å². The number of benzene rings is 2. The van der Waals surface area contributed by atoms with Crippen LogP contribution in [0.25, 0.3) is 11.4 Å². The molecule has 0 aliphatic heterocycles. The van der Waals surface area contributed by atoms with Crippen molar-refractivity contribution in [1.29, 1.82) is 0 Å². The first-order chi connectivity index (χ1) is 16.2. The molecule has 1 aliphatic carbocycles. The minimum Gasteiger partial charge on any atom is -0.334 e. The number of nitrogens with zero attached hydrogens (tertiary/aromatic N) is 2. The predicted octanol–water partition coefficient (Wildman–Crippen LogP) is 5.57. The van der Waals surface area contributed by atoms with E-state index in [0.717, 1.165) is 42.6 Å². The molecule has 34 heavy (non-hydrogen) atoms. The van der Waals surface area contributed by atoms with Gasteiger partial charge in [-0.25, -0.2) is 17.8 Å². The fraction of sp³-hybridized carbons (Fsp3) is 0.407. The molecule has 1 heterocycles. The van der Waals surface area contributed by atoms with Crippen LogP contribution in [0, 0.1) is 17.7 Å². The number of carbonyl (C=O) groups is 1. The number of ketones is 1. The van der Waals surface area contributed by atoms with Crippen molar-refractivity contribution in [3.8, 4) is 11.4 Å². The Hall–Kier alpha value is -2.80. The van der Waals surface area contributed by atoms with Gasteiger partial charge in [0.1, 0.15) is 17.4 Å². The maximum absolute atomic E-state index is 13.1. The minimum absolute atomic E-state index is 0.0149. The number of hydrogen-bond donors (Lipinski definition) is 0. The van der Waals surface area contributed by atoms with Crippen molar-refractivity contribution in [3.05, 3.63) is 72.3 Å². The molecule has 1 aromatic heterocycles. The Labute approximate surface area is 201 Å². The van der Waals surface area contributed by atoms with E-state index in [4.69, 9.17) is 0 Å². The largest absolute Gasteiger partial charge is 0.334 e. The smallest absolute Gasteiger partial charge is 0.178 e. The van der Waals surface area contributed by atoms with Crippen molar-refractivity contribution < 1.29 is 17.6 Å². The van der Waals surface area contributed by atoms with Gasteiger partial charge in [0, 0.05) is 37.3 Å². The molecule has 1 atom stereocenters. The lowest BCUT2D eigenvalue weighted by Gasteiger charge is -2.28. The van der Waals surface area contributed by atoms with Crippen molar-refractivity contribution in [1.82, 2.24) is 9.55 Å². The molecule has 180 valence electrons. The van der Waals surface area contributed by atoms with Crippen molar-refractivity contribution in [3.63, 3.8) is 0 Å². The highest BCUT2D eigenvalue weighted by molar-refractivity contribution is 7.91. The molecule has 0 spiro atoms. The van der Waals surface area contributed by atoms with Crippen LogP contribution in [0.15, 0.2) is 65.8 Å². The fourth-order valence-corrected chi connectivity index (χ4v) is 6.59. The molecule has 0 amide bonds. The number of rotatable bonds is 8.